The third kappa shape index (κ3) is 2.88. The van der Waals surface area contributed by atoms with Crippen LogP contribution in [-0.2, 0) is 12.3 Å². The highest BCUT2D eigenvalue weighted by molar-refractivity contribution is 7.98. The summed E-state index contributed by atoms with van der Waals surface area (Å²) in [6.45, 7) is 1.11. The van der Waals surface area contributed by atoms with Crippen molar-refractivity contribution in [2.24, 2.45) is 5.73 Å². The van der Waals surface area contributed by atoms with Crippen molar-refractivity contribution in [3.8, 4) is 0 Å². The SMILES string of the molecule is NCCn1nnnc1SCc1nnc(Cl)s1. The summed E-state index contributed by atoms with van der Waals surface area (Å²) in [5, 5.41) is 20.5. The maximum absolute atomic E-state index is 5.68. The van der Waals surface area contributed by atoms with E-state index < -0.39 is 0 Å². The number of halogens is 1. The molecule has 0 saturated heterocycles. The first-order valence-corrected chi connectivity index (χ1v) is 6.54. The maximum Gasteiger partial charge on any atom is 0.209 e. The molecular weight excluding hydrogens is 270 g/mol. The number of tetrazole rings is 1. The lowest BCUT2D eigenvalue weighted by molar-refractivity contribution is 0.557. The van der Waals surface area contributed by atoms with E-state index in [4.69, 9.17) is 17.3 Å². The normalized spacial score (nSPS) is 10.9. The van der Waals surface area contributed by atoms with Gasteiger partial charge in [0.05, 0.1) is 12.3 Å². The van der Waals surface area contributed by atoms with E-state index in [0.29, 0.717) is 23.3 Å². The Kier molecular flexibility index (Phi) is 4.04. The second-order valence-corrected chi connectivity index (χ2v) is 5.30. The molecule has 0 fully saturated rings. The van der Waals surface area contributed by atoms with E-state index >= 15 is 0 Å². The van der Waals surface area contributed by atoms with Gasteiger partial charge in [-0.15, -0.1) is 15.3 Å². The Morgan fingerprint density at radius 2 is 2.25 bits per heavy atom. The van der Waals surface area contributed by atoms with Crippen molar-refractivity contribution >= 4 is 34.7 Å². The van der Waals surface area contributed by atoms with Gasteiger partial charge < -0.3 is 5.73 Å². The average Bonchev–Trinajstić information content (AvgIpc) is 2.85. The molecular formula is C6H8ClN7S2. The molecule has 0 aromatic carbocycles. The van der Waals surface area contributed by atoms with Crippen molar-refractivity contribution < 1.29 is 0 Å². The van der Waals surface area contributed by atoms with Crippen molar-refractivity contribution in [2.45, 2.75) is 17.5 Å². The van der Waals surface area contributed by atoms with E-state index in [-0.39, 0.29) is 0 Å². The Bertz CT molecular complexity index is 455. The van der Waals surface area contributed by atoms with Gasteiger partial charge in [-0.25, -0.2) is 4.68 Å². The smallest absolute Gasteiger partial charge is 0.209 e. The van der Waals surface area contributed by atoms with Crippen LogP contribution in [0.1, 0.15) is 5.01 Å². The lowest BCUT2D eigenvalue weighted by Crippen LogP contribution is -2.12. The largest absolute Gasteiger partial charge is 0.329 e. The summed E-state index contributed by atoms with van der Waals surface area (Å²) in [5.41, 5.74) is 5.44. The second kappa shape index (κ2) is 5.53. The first-order chi connectivity index (χ1) is 7.79. The van der Waals surface area contributed by atoms with Crippen LogP contribution in [0.25, 0.3) is 0 Å². The summed E-state index contributed by atoms with van der Waals surface area (Å²) in [5.74, 6) is 0.648. The molecule has 0 amide bonds. The number of hydrogen-bond acceptors (Lipinski definition) is 8. The fourth-order valence-electron chi connectivity index (χ4n) is 0.980. The first kappa shape index (κ1) is 11.7. The molecule has 2 heterocycles. The van der Waals surface area contributed by atoms with Gasteiger partial charge in [-0.2, -0.15) is 0 Å². The number of aromatic nitrogens is 6. The summed E-state index contributed by atoms with van der Waals surface area (Å²) < 4.78 is 2.10. The van der Waals surface area contributed by atoms with Gasteiger partial charge >= 0.3 is 0 Å². The van der Waals surface area contributed by atoms with Crippen molar-refractivity contribution in [3.63, 3.8) is 0 Å². The van der Waals surface area contributed by atoms with Crippen molar-refractivity contribution in [1.29, 1.82) is 0 Å². The van der Waals surface area contributed by atoms with Gasteiger partial charge in [0, 0.05) is 6.54 Å². The molecule has 2 rings (SSSR count). The van der Waals surface area contributed by atoms with Crippen LogP contribution in [0.3, 0.4) is 0 Å². The average molecular weight is 278 g/mol. The fourth-order valence-corrected chi connectivity index (χ4v) is 2.74. The molecule has 0 aliphatic rings. The third-order valence-corrected chi connectivity index (χ3v) is 3.78. The van der Waals surface area contributed by atoms with E-state index in [2.05, 4.69) is 25.7 Å². The quantitative estimate of drug-likeness (QED) is 0.792. The molecule has 0 radical (unpaired) electrons. The highest BCUT2D eigenvalue weighted by atomic mass is 35.5. The topological polar surface area (TPSA) is 95.4 Å². The minimum absolute atomic E-state index is 0.442. The van der Waals surface area contributed by atoms with Crippen LogP contribution in [0, 0.1) is 0 Å². The van der Waals surface area contributed by atoms with Crippen molar-refractivity contribution in [2.75, 3.05) is 6.54 Å². The Labute approximate surface area is 104 Å². The van der Waals surface area contributed by atoms with Gasteiger partial charge in [0.2, 0.25) is 9.62 Å². The number of hydrogen-bond donors (Lipinski definition) is 1. The van der Waals surface area contributed by atoms with Gasteiger partial charge in [-0.1, -0.05) is 23.1 Å². The molecule has 16 heavy (non-hydrogen) atoms. The Morgan fingerprint density at radius 3 is 2.94 bits per heavy atom. The van der Waals surface area contributed by atoms with E-state index in [9.17, 15) is 0 Å². The van der Waals surface area contributed by atoms with E-state index in [1.54, 1.807) is 4.68 Å². The van der Waals surface area contributed by atoms with Gasteiger partial charge in [0.15, 0.2) is 0 Å². The second-order valence-electron chi connectivity index (χ2n) is 2.71. The Hall–Kier alpha value is -0.770. The third-order valence-electron chi connectivity index (χ3n) is 1.61. The van der Waals surface area contributed by atoms with Crippen molar-refractivity contribution in [1.82, 2.24) is 30.4 Å². The molecule has 10 heteroatoms. The van der Waals surface area contributed by atoms with E-state index in [0.717, 1.165) is 10.2 Å². The zero-order chi connectivity index (χ0) is 11.4. The van der Waals surface area contributed by atoms with Gasteiger partial charge in [0.25, 0.3) is 0 Å². The van der Waals surface area contributed by atoms with E-state index in [1.165, 1.54) is 23.1 Å². The number of nitrogens with zero attached hydrogens (tertiary/aromatic N) is 6. The molecule has 2 N–H and O–H groups in total. The van der Waals surface area contributed by atoms with Gasteiger partial charge in [-0.05, 0) is 22.0 Å². The molecule has 0 aliphatic heterocycles. The van der Waals surface area contributed by atoms with Crippen LogP contribution in [-0.4, -0.2) is 36.9 Å². The van der Waals surface area contributed by atoms with Crippen molar-refractivity contribution in [3.05, 3.63) is 9.47 Å². The van der Waals surface area contributed by atoms with Gasteiger partial charge in [0.1, 0.15) is 5.01 Å². The highest BCUT2D eigenvalue weighted by Crippen LogP contribution is 2.23. The molecule has 86 valence electrons. The Balaban J connectivity index is 1.96. The summed E-state index contributed by atoms with van der Waals surface area (Å²) in [6, 6.07) is 0. The molecule has 2 aromatic rings. The van der Waals surface area contributed by atoms with Crippen LogP contribution in [0.15, 0.2) is 5.16 Å². The standard InChI is InChI=1S/C6H8ClN7S2/c7-5-10-9-4(16-5)3-15-6-11-12-13-14(6)2-1-8/h1-3,8H2. The fraction of sp³-hybridized carbons (Fsp3) is 0.500. The predicted molar refractivity (Wildman–Crippen MR) is 61.4 cm³/mol. The zero-order valence-electron chi connectivity index (χ0n) is 8.08. The monoisotopic (exact) mass is 277 g/mol. The molecule has 2 aromatic heterocycles. The van der Waals surface area contributed by atoms with Crippen LogP contribution < -0.4 is 5.73 Å². The maximum atomic E-state index is 5.68. The predicted octanol–water partition coefficient (Wildman–Crippen LogP) is 0.429. The number of rotatable bonds is 5. The van der Waals surface area contributed by atoms with Gasteiger partial charge in [-0.3, -0.25) is 0 Å². The van der Waals surface area contributed by atoms with Crippen LogP contribution in [0.2, 0.25) is 4.47 Å². The minimum Gasteiger partial charge on any atom is -0.329 e. The molecule has 0 saturated carbocycles. The van der Waals surface area contributed by atoms with E-state index in [1.807, 2.05) is 0 Å². The summed E-state index contributed by atoms with van der Waals surface area (Å²) >= 11 is 8.50. The summed E-state index contributed by atoms with van der Waals surface area (Å²) in [4.78, 5) is 0. The molecule has 7 nitrogen and oxygen atoms in total. The molecule has 0 atom stereocenters. The highest BCUT2D eigenvalue weighted by Gasteiger charge is 2.08. The number of thioether (sulfide) groups is 1. The van der Waals surface area contributed by atoms with Crippen LogP contribution in [0.5, 0.6) is 0 Å². The summed E-state index contributed by atoms with van der Waals surface area (Å²) in [6.07, 6.45) is 0. The first-order valence-electron chi connectivity index (χ1n) is 4.36. The minimum atomic E-state index is 0.442. The number of nitrogens with two attached hydrogens (primary N) is 1. The lowest BCUT2D eigenvalue weighted by Gasteiger charge is -1.99. The summed E-state index contributed by atoms with van der Waals surface area (Å²) in [7, 11) is 0. The van der Waals surface area contributed by atoms with Crippen LogP contribution >= 0.6 is 34.7 Å². The molecule has 0 bridgehead atoms. The zero-order valence-corrected chi connectivity index (χ0v) is 10.5. The molecule has 0 aliphatic carbocycles. The van der Waals surface area contributed by atoms with Crippen LogP contribution in [0.4, 0.5) is 0 Å². The lowest BCUT2D eigenvalue weighted by atomic mass is 10.7. The molecule has 0 unspecified atom stereocenters. The molecule has 0 spiro atoms. The Morgan fingerprint density at radius 1 is 1.38 bits per heavy atom.